The number of aryl methyl sites for hydroxylation is 1. The standard InChI is InChI=1S/C16H18N4O2/c1-19-14(17-15(21)12-7-3-2-4-8-12)11-13(18-19)16(22)20-9-5-6-10-20/h2-4,7-8,11H,5-6,9-10H2,1H3,(H,17,21). The van der Waals surface area contributed by atoms with Crippen molar-refractivity contribution in [1.82, 2.24) is 14.7 Å². The van der Waals surface area contributed by atoms with E-state index in [-0.39, 0.29) is 11.8 Å². The monoisotopic (exact) mass is 298 g/mol. The summed E-state index contributed by atoms with van der Waals surface area (Å²) in [5.74, 6) is 0.216. The number of hydrogen-bond acceptors (Lipinski definition) is 3. The summed E-state index contributed by atoms with van der Waals surface area (Å²) in [6, 6.07) is 10.6. The summed E-state index contributed by atoms with van der Waals surface area (Å²) < 4.78 is 1.52. The van der Waals surface area contributed by atoms with Gasteiger partial charge in [-0.25, -0.2) is 0 Å². The minimum Gasteiger partial charge on any atom is -0.337 e. The third kappa shape index (κ3) is 2.86. The lowest BCUT2D eigenvalue weighted by Gasteiger charge is -2.12. The Morgan fingerprint density at radius 1 is 1.14 bits per heavy atom. The van der Waals surface area contributed by atoms with E-state index in [1.165, 1.54) is 4.68 Å². The molecule has 1 aliphatic heterocycles. The molecule has 22 heavy (non-hydrogen) atoms. The van der Waals surface area contributed by atoms with Crippen LogP contribution in [0.5, 0.6) is 0 Å². The number of likely N-dealkylation sites (tertiary alicyclic amines) is 1. The van der Waals surface area contributed by atoms with Gasteiger partial charge in [0.05, 0.1) is 0 Å². The van der Waals surface area contributed by atoms with Crippen molar-refractivity contribution in [1.29, 1.82) is 0 Å². The van der Waals surface area contributed by atoms with Crippen LogP contribution in [-0.4, -0.2) is 39.6 Å². The van der Waals surface area contributed by atoms with Crippen LogP contribution in [0.2, 0.25) is 0 Å². The van der Waals surface area contributed by atoms with Crippen LogP contribution < -0.4 is 5.32 Å². The van der Waals surface area contributed by atoms with Gasteiger partial charge in [-0.3, -0.25) is 14.3 Å². The highest BCUT2D eigenvalue weighted by molar-refractivity contribution is 6.04. The van der Waals surface area contributed by atoms with Gasteiger partial charge in [-0.05, 0) is 25.0 Å². The number of anilines is 1. The predicted molar refractivity (Wildman–Crippen MR) is 82.7 cm³/mol. The first-order chi connectivity index (χ1) is 10.6. The molecule has 0 radical (unpaired) electrons. The van der Waals surface area contributed by atoms with Gasteiger partial charge in [-0.2, -0.15) is 5.10 Å². The Hall–Kier alpha value is -2.63. The molecule has 1 fully saturated rings. The molecule has 3 rings (SSSR count). The largest absolute Gasteiger partial charge is 0.337 e. The summed E-state index contributed by atoms with van der Waals surface area (Å²) >= 11 is 0. The van der Waals surface area contributed by atoms with Crippen molar-refractivity contribution in [3.8, 4) is 0 Å². The number of carbonyl (C=O) groups excluding carboxylic acids is 2. The van der Waals surface area contributed by atoms with E-state index in [2.05, 4.69) is 10.4 Å². The highest BCUT2D eigenvalue weighted by Gasteiger charge is 2.23. The number of amides is 2. The number of aromatic nitrogens is 2. The fourth-order valence-electron chi connectivity index (χ4n) is 2.55. The van der Waals surface area contributed by atoms with Gasteiger partial charge >= 0.3 is 0 Å². The summed E-state index contributed by atoms with van der Waals surface area (Å²) in [7, 11) is 1.71. The minimum atomic E-state index is -0.219. The first kappa shape index (κ1) is 14.3. The van der Waals surface area contributed by atoms with Crippen molar-refractivity contribution in [3.05, 3.63) is 47.7 Å². The summed E-state index contributed by atoms with van der Waals surface area (Å²) in [6.07, 6.45) is 2.08. The van der Waals surface area contributed by atoms with E-state index in [9.17, 15) is 9.59 Å². The Balaban J connectivity index is 1.75. The lowest BCUT2D eigenvalue weighted by Crippen LogP contribution is -2.28. The molecule has 1 aromatic carbocycles. The van der Waals surface area contributed by atoms with E-state index < -0.39 is 0 Å². The van der Waals surface area contributed by atoms with E-state index in [1.807, 2.05) is 6.07 Å². The van der Waals surface area contributed by atoms with Crippen molar-refractivity contribution in [2.45, 2.75) is 12.8 Å². The van der Waals surface area contributed by atoms with Crippen molar-refractivity contribution in [3.63, 3.8) is 0 Å². The van der Waals surface area contributed by atoms with Crippen molar-refractivity contribution in [2.24, 2.45) is 7.05 Å². The van der Waals surface area contributed by atoms with Gasteiger partial charge in [0.15, 0.2) is 5.69 Å². The van der Waals surface area contributed by atoms with E-state index >= 15 is 0 Å². The molecule has 1 N–H and O–H groups in total. The van der Waals surface area contributed by atoms with Crippen LogP contribution in [0.25, 0.3) is 0 Å². The average Bonchev–Trinajstić information content (AvgIpc) is 3.18. The fourth-order valence-corrected chi connectivity index (χ4v) is 2.55. The lowest BCUT2D eigenvalue weighted by molar-refractivity contribution is 0.0786. The maximum absolute atomic E-state index is 12.3. The molecule has 2 heterocycles. The fraction of sp³-hybridized carbons (Fsp3) is 0.312. The third-order valence-electron chi connectivity index (χ3n) is 3.77. The first-order valence-electron chi connectivity index (χ1n) is 7.35. The molecule has 0 aliphatic carbocycles. The van der Waals surface area contributed by atoms with Crippen molar-refractivity contribution in [2.75, 3.05) is 18.4 Å². The molecule has 2 aromatic rings. The molecule has 1 aromatic heterocycles. The van der Waals surface area contributed by atoms with Gasteiger partial charge in [0.1, 0.15) is 5.82 Å². The van der Waals surface area contributed by atoms with Crippen molar-refractivity contribution < 1.29 is 9.59 Å². The molecule has 0 bridgehead atoms. The lowest BCUT2D eigenvalue weighted by atomic mass is 10.2. The highest BCUT2D eigenvalue weighted by Crippen LogP contribution is 2.16. The Labute approximate surface area is 128 Å². The molecule has 0 saturated carbocycles. The Kier molecular flexibility index (Phi) is 3.91. The van der Waals surface area contributed by atoms with Gasteiger partial charge in [0, 0.05) is 31.8 Å². The average molecular weight is 298 g/mol. The summed E-state index contributed by atoms with van der Waals surface area (Å²) in [6.45, 7) is 1.56. The normalized spacial score (nSPS) is 14.1. The van der Waals surface area contributed by atoms with Gasteiger partial charge in [0.2, 0.25) is 0 Å². The van der Waals surface area contributed by atoms with E-state index in [4.69, 9.17) is 0 Å². The van der Waals surface area contributed by atoms with Gasteiger partial charge in [-0.15, -0.1) is 0 Å². The quantitative estimate of drug-likeness (QED) is 0.941. The van der Waals surface area contributed by atoms with Crippen LogP contribution in [0.3, 0.4) is 0 Å². The second-order valence-electron chi connectivity index (χ2n) is 5.36. The third-order valence-corrected chi connectivity index (χ3v) is 3.77. The zero-order chi connectivity index (χ0) is 15.5. The maximum Gasteiger partial charge on any atom is 0.274 e. The molecule has 2 amide bonds. The summed E-state index contributed by atoms with van der Waals surface area (Å²) in [5, 5.41) is 7.00. The van der Waals surface area contributed by atoms with Crippen LogP contribution >= 0.6 is 0 Å². The number of nitrogens with one attached hydrogen (secondary N) is 1. The number of carbonyl (C=O) groups is 2. The van der Waals surface area contributed by atoms with Crippen LogP contribution in [0, 0.1) is 0 Å². The Morgan fingerprint density at radius 3 is 2.50 bits per heavy atom. The SMILES string of the molecule is Cn1nc(C(=O)N2CCCC2)cc1NC(=O)c1ccccc1. The Bertz CT molecular complexity index is 687. The topological polar surface area (TPSA) is 67.2 Å². The second-order valence-corrected chi connectivity index (χ2v) is 5.36. The first-order valence-corrected chi connectivity index (χ1v) is 7.35. The Morgan fingerprint density at radius 2 is 1.82 bits per heavy atom. The smallest absolute Gasteiger partial charge is 0.274 e. The van der Waals surface area contributed by atoms with E-state index in [1.54, 1.807) is 42.3 Å². The second kappa shape index (κ2) is 6.01. The van der Waals surface area contributed by atoms with E-state index in [0.717, 1.165) is 25.9 Å². The van der Waals surface area contributed by atoms with Crippen LogP contribution in [-0.2, 0) is 7.05 Å². The van der Waals surface area contributed by atoms with Gasteiger partial charge < -0.3 is 10.2 Å². The molecule has 1 saturated heterocycles. The molecule has 1 aliphatic rings. The molecule has 0 atom stereocenters. The summed E-state index contributed by atoms with van der Waals surface area (Å²) in [4.78, 5) is 26.3. The number of benzene rings is 1. The van der Waals surface area contributed by atoms with Crippen LogP contribution in [0.4, 0.5) is 5.82 Å². The molecule has 114 valence electrons. The van der Waals surface area contributed by atoms with Crippen molar-refractivity contribution >= 4 is 17.6 Å². The zero-order valence-corrected chi connectivity index (χ0v) is 12.5. The van der Waals surface area contributed by atoms with Gasteiger partial charge in [0.25, 0.3) is 11.8 Å². The summed E-state index contributed by atoms with van der Waals surface area (Å²) in [5.41, 5.74) is 0.934. The number of hydrogen-bond donors (Lipinski definition) is 1. The van der Waals surface area contributed by atoms with Crippen LogP contribution in [0.15, 0.2) is 36.4 Å². The molecule has 6 nitrogen and oxygen atoms in total. The van der Waals surface area contributed by atoms with Crippen LogP contribution in [0.1, 0.15) is 33.7 Å². The number of nitrogens with zero attached hydrogens (tertiary/aromatic N) is 3. The number of rotatable bonds is 3. The molecular weight excluding hydrogens is 280 g/mol. The highest BCUT2D eigenvalue weighted by atomic mass is 16.2. The zero-order valence-electron chi connectivity index (χ0n) is 12.5. The predicted octanol–water partition coefficient (Wildman–Crippen LogP) is 1.91. The van der Waals surface area contributed by atoms with Gasteiger partial charge in [-0.1, -0.05) is 18.2 Å². The molecule has 0 unspecified atom stereocenters. The molecule has 6 heteroatoms. The van der Waals surface area contributed by atoms with E-state index in [0.29, 0.717) is 17.1 Å². The minimum absolute atomic E-state index is 0.0756. The molecule has 0 spiro atoms. The molecular formula is C16H18N4O2. The maximum atomic E-state index is 12.3.